The van der Waals surface area contributed by atoms with Gasteiger partial charge in [0.15, 0.2) is 0 Å². The SMILES string of the molecule is CCOC(=O)CCN(Cc1ccco1)C(=O)c1cc(OC)cc(OC)c1. The molecule has 0 aliphatic rings. The Labute approximate surface area is 152 Å². The van der Waals surface area contributed by atoms with E-state index >= 15 is 0 Å². The standard InChI is InChI=1S/C19H23NO6/c1-4-25-18(21)7-8-20(13-15-6-5-9-26-15)19(22)14-10-16(23-2)12-17(11-14)24-3/h5-6,9-12H,4,7-8,13H2,1-3H3. The normalized spacial score (nSPS) is 10.3. The molecule has 0 fully saturated rings. The molecule has 2 aromatic rings. The maximum Gasteiger partial charge on any atom is 0.307 e. The molecule has 1 aromatic carbocycles. The Morgan fingerprint density at radius 1 is 1.12 bits per heavy atom. The smallest absolute Gasteiger partial charge is 0.307 e. The van der Waals surface area contributed by atoms with Crippen molar-refractivity contribution in [3.05, 3.63) is 47.9 Å². The first-order chi connectivity index (χ1) is 12.6. The van der Waals surface area contributed by atoms with Gasteiger partial charge >= 0.3 is 5.97 Å². The molecule has 26 heavy (non-hydrogen) atoms. The first kappa shape index (κ1) is 19.4. The van der Waals surface area contributed by atoms with Gasteiger partial charge in [0.1, 0.15) is 17.3 Å². The van der Waals surface area contributed by atoms with E-state index in [-0.39, 0.29) is 31.4 Å². The molecule has 1 amide bonds. The Kier molecular flexibility index (Phi) is 7.08. The van der Waals surface area contributed by atoms with Crippen LogP contribution in [-0.4, -0.2) is 44.1 Å². The van der Waals surface area contributed by atoms with Crippen LogP contribution in [0.2, 0.25) is 0 Å². The molecule has 0 unspecified atom stereocenters. The molecule has 0 aliphatic carbocycles. The second kappa shape index (κ2) is 9.50. The van der Waals surface area contributed by atoms with E-state index < -0.39 is 0 Å². The van der Waals surface area contributed by atoms with Gasteiger partial charge in [-0.2, -0.15) is 0 Å². The summed E-state index contributed by atoms with van der Waals surface area (Å²) in [4.78, 5) is 26.2. The van der Waals surface area contributed by atoms with E-state index in [2.05, 4.69) is 0 Å². The molecule has 2 rings (SSSR count). The second-order valence-corrected chi connectivity index (χ2v) is 5.46. The van der Waals surface area contributed by atoms with Gasteiger partial charge in [0.2, 0.25) is 0 Å². The highest BCUT2D eigenvalue weighted by Gasteiger charge is 2.20. The number of esters is 1. The molecule has 1 aromatic heterocycles. The van der Waals surface area contributed by atoms with E-state index in [1.54, 1.807) is 37.3 Å². The van der Waals surface area contributed by atoms with Gasteiger partial charge in [0.25, 0.3) is 5.91 Å². The van der Waals surface area contributed by atoms with E-state index in [1.807, 2.05) is 0 Å². The molecule has 1 heterocycles. The third kappa shape index (κ3) is 5.27. The number of methoxy groups -OCH3 is 2. The Balaban J connectivity index is 2.22. The molecule has 0 atom stereocenters. The number of hydrogen-bond donors (Lipinski definition) is 0. The number of carbonyl (C=O) groups is 2. The number of ether oxygens (including phenoxy) is 3. The minimum absolute atomic E-state index is 0.0986. The highest BCUT2D eigenvalue weighted by Crippen LogP contribution is 2.24. The summed E-state index contributed by atoms with van der Waals surface area (Å²) >= 11 is 0. The van der Waals surface area contributed by atoms with Crippen LogP contribution in [0.15, 0.2) is 41.0 Å². The lowest BCUT2D eigenvalue weighted by Gasteiger charge is -2.22. The van der Waals surface area contributed by atoms with Crippen molar-refractivity contribution in [3.8, 4) is 11.5 Å². The zero-order valence-corrected chi connectivity index (χ0v) is 15.2. The lowest BCUT2D eigenvalue weighted by molar-refractivity contribution is -0.143. The van der Waals surface area contributed by atoms with Crippen molar-refractivity contribution < 1.29 is 28.2 Å². The molecule has 0 saturated carbocycles. The van der Waals surface area contributed by atoms with Gasteiger partial charge in [0, 0.05) is 18.2 Å². The summed E-state index contributed by atoms with van der Waals surface area (Å²) in [5.74, 6) is 1.03. The number of hydrogen-bond acceptors (Lipinski definition) is 6. The molecule has 0 radical (unpaired) electrons. The number of rotatable bonds is 9. The fourth-order valence-electron chi connectivity index (χ4n) is 2.42. The molecular formula is C19H23NO6. The summed E-state index contributed by atoms with van der Waals surface area (Å²) in [6.45, 7) is 2.49. The van der Waals surface area contributed by atoms with Crippen LogP contribution >= 0.6 is 0 Å². The van der Waals surface area contributed by atoms with Crippen molar-refractivity contribution in [2.45, 2.75) is 19.9 Å². The zero-order chi connectivity index (χ0) is 18.9. The van der Waals surface area contributed by atoms with Crippen LogP contribution in [0, 0.1) is 0 Å². The first-order valence-corrected chi connectivity index (χ1v) is 8.27. The highest BCUT2D eigenvalue weighted by molar-refractivity contribution is 5.95. The van der Waals surface area contributed by atoms with Crippen LogP contribution in [0.5, 0.6) is 11.5 Å². The third-order valence-corrected chi connectivity index (χ3v) is 3.70. The number of carbonyl (C=O) groups excluding carboxylic acids is 2. The number of nitrogens with zero attached hydrogens (tertiary/aromatic N) is 1. The van der Waals surface area contributed by atoms with Crippen LogP contribution in [-0.2, 0) is 16.1 Å². The summed E-state index contributed by atoms with van der Waals surface area (Å²) in [6, 6.07) is 8.47. The van der Waals surface area contributed by atoms with Crippen LogP contribution in [0.1, 0.15) is 29.5 Å². The lowest BCUT2D eigenvalue weighted by Crippen LogP contribution is -2.32. The van der Waals surface area contributed by atoms with Crippen molar-refractivity contribution in [2.75, 3.05) is 27.4 Å². The van der Waals surface area contributed by atoms with E-state index in [1.165, 1.54) is 25.4 Å². The zero-order valence-electron chi connectivity index (χ0n) is 15.2. The quantitative estimate of drug-likeness (QED) is 0.639. The van der Waals surface area contributed by atoms with E-state index in [9.17, 15) is 9.59 Å². The van der Waals surface area contributed by atoms with Crippen LogP contribution in [0.25, 0.3) is 0 Å². The molecule has 7 heteroatoms. The Hall–Kier alpha value is -2.96. The fourth-order valence-corrected chi connectivity index (χ4v) is 2.42. The molecule has 0 aliphatic heterocycles. The first-order valence-electron chi connectivity index (χ1n) is 8.27. The lowest BCUT2D eigenvalue weighted by atomic mass is 10.1. The van der Waals surface area contributed by atoms with Crippen LogP contribution < -0.4 is 9.47 Å². The van der Waals surface area contributed by atoms with Gasteiger partial charge in [-0.1, -0.05) is 0 Å². The van der Waals surface area contributed by atoms with Gasteiger partial charge in [-0.05, 0) is 31.2 Å². The predicted molar refractivity (Wildman–Crippen MR) is 94.2 cm³/mol. The third-order valence-electron chi connectivity index (χ3n) is 3.70. The van der Waals surface area contributed by atoms with E-state index in [4.69, 9.17) is 18.6 Å². The summed E-state index contributed by atoms with van der Waals surface area (Å²) in [6.07, 6.45) is 1.64. The van der Waals surface area contributed by atoms with Crippen molar-refractivity contribution in [1.29, 1.82) is 0 Å². The second-order valence-electron chi connectivity index (χ2n) is 5.46. The molecule has 0 saturated heterocycles. The largest absolute Gasteiger partial charge is 0.497 e. The highest BCUT2D eigenvalue weighted by atomic mass is 16.5. The Bertz CT molecular complexity index is 703. The molecule has 0 spiro atoms. The Morgan fingerprint density at radius 2 is 1.81 bits per heavy atom. The van der Waals surface area contributed by atoms with Gasteiger partial charge in [0.05, 0.1) is 40.1 Å². The minimum atomic E-state index is -0.354. The van der Waals surface area contributed by atoms with Crippen LogP contribution in [0.4, 0.5) is 0 Å². The number of furan rings is 1. The summed E-state index contributed by atoms with van der Waals surface area (Å²) < 4.78 is 20.7. The Morgan fingerprint density at radius 3 is 2.35 bits per heavy atom. The monoisotopic (exact) mass is 361 g/mol. The summed E-state index contributed by atoms with van der Waals surface area (Å²) in [7, 11) is 3.04. The maximum absolute atomic E-state index is 13.0. The van der Waals surface area contributed by atoms with Crippen molar-refractivity contribution >= 4 is 11.9 Å². The average Bonchev–Trinajstić information content (AvgIpc) is 3.17. The molecule has 140 valence electrons. The van der Waals surface area contributed by atoms with Crippen molar-refractivity contribution in [2.24, 2.45) is 0 Å². The van der Waals surface area contributed by atoms with Gasteiger partial charge in [-0.25, -0.2) is 0 Å². The molecule has 0 N–H and O–H groups in total. The topological polar surface area (TPSA) is 78.2 Å². The fraction of sp³-hybridized carbons (Fsp3) is 0.368. The van der Waals surface area contributed by atoms with Crippen molar-refractivity contribution in [1.82, 2.24) is 4.90 Å². The summed E-state index contributed by atoms with van der Waals surface area (Å²) in [5, 5.41) is 0. The number of benzene rings is 1. The maximum atomic E-state index is 13.0. The van der Waals surface area contributed by atoms with Crippen LogP contribution in [0.3, 0.4) is 0 Å². The van der Waals surface area contributed by atoms with Crippen molar-refractivity contribution in [3.63, 3.8) is 0 Å². The molecule has 0 bridgehead atoms. The van der Waals surface area contributed by atoms with E-state index in [0.717, 1.165) is 0 Å². The van der Waals surface area contributed by atoms with Gasteiger partial charge in [-0.3, -0.25) is 9.59 Å². The van der Waals surface area contributed by atoms with Gasteiger partial charge in [-0.15, -0.1) is 0 Å². The molecule has 7 nitrogen and oxygen atoms in total. The average molecular weight is 361 g/mol. The summed E-state index contributed by atoms with van der Waals surface area (Å²) in [5.41, 5.74) is 0.400. The van der Waals surface area contributed by atoms with E-state index in [0.29, 0.717) is 29.4 Å². The molecular weight excluding hydrogens is 338 g/mol. The minimum Gasteiger partial charge on any atom is -0.497 e. The number of amides is 1. The van der Waals surface area contributed by atoms with Gasteiger partial charge < -0.3 is 23.5 Å². The predicted octanol–water partition coefficient (Wildman–Crippen LogP) is 2.89.